The van der Waals surface area contributed by atoms with E-state index in [2.05, 4.69) is 4.98 Å². The molecule has 2 aromatic rings. The number of hydrogen-bond donors (Lipinski definition) is 1. The standard InChI is InChI=1S/C13H10F3NO/c1-8-6-11(12(18)17-7-8)9-2-4-10(5-3-9)13(14,15)16/h2-7H,1H3,(H,17,18). The van der Waals surface area contributed by atoms with Gasteiger partial charge in [0.2, 0.25) is 0 Å². The predicted molar refractivity (Wildman–Crippen MR) is 62.2 cm³/mol. The highest BCUT2D eigenvalue weighted by Crippen LogP contribution is 2.30. The van der Waals surface area contributed by atoms with Gasteiger partial charge in [0, 0.05) is 11.8 Å². The van der Waals surface area contributed by atoms with E-state index in [9.17, 15) is 18.0 Å². The van der Waals surface area contributed by atoms with Crippen LogP contribution in [0.2, 0.25) is 0 Å². The van der Waals surface area contributed by atoms with E-state index in [1.807, 2.05) is 0 Å². The van der Waals surface area contributed by atoms with Gasteiger partial charge in [0.25, 0.3) is 5.56 Å². The van der Waals surface area contributed by atoms with Gasteiger partial charge in [-0.1, -0.05) is 12.1 Å². The van der Waals surface area contributed by atoms with Gasteiger partial charge in [0.1, 0.15) is 0 Å². The Labute approximate surface area is 101 Å². The van der Waals surface area contributed by atoms with Crippen LogP contribution in [-0.4, -0.2) is 4.98 Å². The number of aromatic amines is 1. The normalized spacial score (nSPS) is 11.6. The molecule has 0 aliphatic heterocycles. The fourth-order valence-electron chi connectivity index (χ4n) is 1.65. The lowest BCUT2D eigenvalue weighted by molar-refractivity contribution is -0.137. The van der Waals surface area contributed by atoms with Gasteiger partial charge in [0.15, 0.2) is 0 Å². The van der Waals surface area contributed by atoms with Gasteiger partial charge in [-0.25, -0.2) is 0 Å². The van der Waals surface area contributed by atoms with Crippen molar-refractivity contribution in [1.82, 2.24) is 4.98 Å². The van der Waals surface area contributed by atoms with Crippen LogP contribution in [-0.2, 0) is 6.18 Å². The average molecular weight is 253 g/mol. The molecule has 0 saturated carbocycles. The minimum absolute atomic E-state index is 0.319. The molecule has 94 valence electrons. The molecule has 5 heteroatoms. The van der Waals surface area contributed by atoms with Gasteiger partial charge in [-0.2, -0.15) is 13.2 Å². The summed E-state index contributed by atoms with van der Waals surface area (Å²) in [5, 5.41) is 0. The van der Waals surface area contributed by atoms with Crippen molar-refractivity contribution in [2.75, 3.05) is 0 Å². The summed E-state index contributed by atoms with van der Waals surface area (Å²) in [5.41, 5.74) is 0.622. The number of halogens is 3. The van der Waals surface area contributed by atoms with E-state index >= 15 is 0 Å². The number of aryl methyl sites for hydroxylation is 1. The van der Waals surface area contributed by atoms with Crippen LogP contribution in [0.4, 0.5) is 13.2 Å². The van der Waals surface area contributed by atoms with Crippen molar-refractivity contribution in [3.63, 3.8) is 0 Å². The molecule has 2 nitrogen and oxygen atoms in total. The molecule has 0 atom stereocenters. The summed E-state index contributed by atoms with van der Waals surface area (Å²) in [5.74, 6) is 0. The maximum atomic E-state index is 12.4. The van der Waals surface area contributed by atoms with Crippen LogP contribution in [0, 0.1) is 6.92 Å². The Hall–Kier alpha value is -2.04. The van der Waals surface area contributed by atoms with Gasteiger partial charge < -0.3 is 4.98 Å². The number of pyridine rings is 1. The van der Waals surface area contributed by atoms with E-state index in [-0.39, 0.29) is 5.56 Å². The zero-order valence-corrected chi connectivity index (χ0v) is 9.51. The van der Waals surface area contributed by atoms with E-state index in [0.717, 1.165) is 17.7 Å². The molecular formula is C13H10F3NO. The number of benzene rings is 1. The van der Waals surface area contributed by atoms with E-state index < -0.39 is 11.7 Å². The molecule has 0 amide bonds. The third kappa shape index (κ3) is 2.45. The Morgan fingerprint density at radius 1 is 1.11 bits per heavy atom. The zero-order valence-electron chi connectivity index (χ0n) is 9.51. The zero-order chi connectivity index (χ0) is 13.3. The first-order chi connectivity index (χ1) is 8.38. The molecule has 0 aliphatic carbocycles. The Kier molecular flexibility index (Phi) is 2.98. The number of nitrogens with one attached hydrogen (secondary N) is 1. The van der Waals surface area contributed by atoms with Crippen LogP contribution in [0.3, 0.4) is 0 Å². The quantitative estimate of drug-likeness (QED) is 0.830. The molecule has 2 rings (SSSR count). The van der Waals surface area contributed by atoms with Crippen molar-refractivity contribution in [2.45, 2.75) is 13.1 Å². The Morgan fingerprint density at radius 3 is 2.28 bits per heavy atom. The fraction of sp³-hybridized carbons (Fsp3) is 0.154. The van der Waals surface area contributed by atoms with Crippen molar-refractivity contribution in [2.24, 2.45) is 0 Å². The van der Waals surface area contributed by atoms with Crippen LogP contribution in [0.15, 0.2) is 41.3 Å². The molecule has 1 heterocycles. The Bertz CT molecular complexity index is 611. The molecule has 0 bridgehead atoms. The molecule has 0 spiro atoms. The first kappa shape index (κ1) is 12.4. The smallest absolute Gasteiger partial charge is 0.328 e. The lowest BCUT2D eigenvalue weighted by Gasteiger charge is -2.07. The maximum Gasteiger partial charge on any atom is 0.416 e. The van der Waals surface area contributed by atoms with Crippen LogP contribution < -0.4 is 5.56 Å². The first-order valence-corrected chi connectivity index (χ1v) is 5.25. The second kappa shape index (κ2) is 4.33. The van der Waals surface area contributed by atoms with Gasteiger partial charge in [-0.05, 0) is 36.2 Å². The van der Waals surface area contributed by atoms with Crippen LogP contribution in [0.5, 0.6) is 0 Å². The number of alkyl halides is 3. The molecule has 1 aromatic carbocycles. The number of hydrogen-bond acceptors (Lipinski definition) is 1. The lowest BCUT2D eigenvalue weighted by atomic mass is 10.0. The molecule has 0 radical (unpaired) electrons. The molecular weight excluding hydrogens is 243 g/mol. The molecule has 0 unspecified atom stereocenters. The van der Waals surface area contributed by atoms with Gasteiger partial charge in [-0.15, -0.1) is 0 Å². The minimum atomic E-state index is -4.36. The van der Waals surface area contributed by atoms with E-state index in [4.69, 9.17) is 0 Å². The van der Waals surface area contributed by atoms with Crippen molar-refractivity contribution in [1.29, 1.82) is 0 Å². The first-order valence-electron chi connectivity index (χ1n) is 5.25. The van der Waals surface area contributed by atoms with Crippen LogP contribution in [0.25, 0.3) is 11.1 Å². The summed E-state index contributed by atoms with van der Waals surface area (Å²) in [6.07, 6.45) is -2.81. The summed E-state index contributed by atoms with van der Waals surface area (Å²) < 4.78 is 37.2. The molecule has 0 saturated heterocycles. The topological polar surface area (TPSA) is 32.9 Å². The van der Waals surface area contributed by atoms with Crippen LogP contribution in [0.1, 0.15) is 11.1 Å². The maximum absolute atomic E-state index is 12.4. The van der Waals surface area contributed by atoms with Crippen molar-refractivity contribution in [3.8, 4) is 11.1 Å². The largest absolute Gasteiger partial charge is 0.416 e. The second-order valence-electron chi connectivity index (χ2n) is 3.99. The number of aromatic nitrogens is 1. The summed E-state index contributed by atoms with van der Waals surface area (Å²) in [4.78, 5) is 14.1. The van der Waals surface area contributed by atoms with Gasteiger partial charge in [0.05, 0.1) is 5.56 Å². The highest BCUT2D eigenvalue weighted by atomic mass is 19.4. The summed E-state index contributed by atoms with van der Waals surface area (Å²) in [7, 11) is 0. The van der Waals surface area contributed by atoms with Gasteiger partial charge in [-0.3, -0.25) is 4.79 Å². The molecule has 0 aliphatic rings. The van der Waals surface area contributed by atoms with Crippen molar-refractivity contribution < 1.29 is 13.2 Å². The van der Waals surface area contributed by atoms with E-state index in [1.165, 1.54) is 12.1 Å². The average Bonchev–Trinajstić information content (AvgIpc) is 2.31. The summed E-state index contributed by atoms with van der Waals surface area (Å²) in [6, 6.07) is 6.18. The third-order valence-corrected chi connectivity index (χ3v) is 2.57. The minimum Gasteiger partial charge on any atom is -0.328 e. The molecule has 1 aromatic heterocycles. The predicted octanol–water partition coefficient (Wildman–Crippen LogP) is 3.37. The lowest BCUT2D eigenvalue weighted by Crippen LogP contribution is -2.09. The third-order valence-electron chi connectivity index (χ3n) is 2.57. The van der Waals surface area contributed by atoms with Crippen LogP contribution >= 0.6 is 0 Å². The monoisotopic (exact) mass is 253 g/mol. The molecule has 18 heavy (non-hydrogen) atoms. The van der Waals surface area contributed by atoms with Crippen molar-refractivity contribution in [3.05, 3.63) is 58.0 Å². The van der Waals surface area contributed by atoms with E-state index in [0.29, 0.717) is 11.1 Å². The highest BCUT2D eigenvalue weighted by molar-refractivity contribution is 5.63. The number of rotatable bonds is 1. The van der Waals surface area contributed by atoms with E-state index in [1.54, 1.807) is 19.2 Å². The second-order valence-corrected chi connectivity index (χ2v) is 3.99. The van der Waals surface area contributed by atoms with Gasteiger partial charge >= 0.3 is 6.18 Å². The Morgan fingerprint density at radius 2 is 1.72 bits per heavy atom. The van der Waals surface area contributed by atoms with Crippen molar-refractivity contribution >= 4 is 0 Å². The fourth-order valence-corrected chi connectivity index (χ4v) is 1.65. The summed E-state index contributed by atoms with van der Waals surface area (Å²) >= 11 is 0. The summed E-state index contributed by atoms with van der Waals surface area (Å²) in [6.45, 7) is 1.80. The molecule has 1 N–H and O–H groups in total. The number of H-pyrrole nitrogens is 1. The SMILES string of the molecule is Cc1c[nH]c(=O)c(-c2ccc(C(F)(F)F)cc2)c1. The Balaban J connectivity index is 2.47. The molecule has 0 fully saturated rings. The highest BCUT2D eigenvalue weighted by Gasteiger charge is 2.30.